The van der Waals surface area contributed by atoms with Gasteiger partial charge in [0.25, 0.3) is 0 Å². The lowest BCUT2D eigenvalue weighted by atomic mass is 9.85. The quantitative estimate of drug-likeness (QED) is 0.347. The van der Waals surface area contributed by atoms with Gasteiger partial charge in [-0.25, -0.2) is 0 Å². The van der Waals surface area contributed by atoms with Crippen molar-refractivity contribution in [3.8, 4) is 11.3 Å². The second-order valence-electron chi connectivity index (χ2n) is 8.50. The van der Waals surface area contributed by atoms with Gasteiger partial charge in [-0.1, -0.05) is 70.2 Å². The van der Waals surface area contributed by atoms with Crippen LogP contribution in [0.25, 0.3) is 32.8 Å². The summed E-state index contributed by atoms with van der Waals surface area (Å²) in [6, 6.07) is 20.2. The Morgan fingerprint density at radius 1 is 0.815 bits per heavy atom. The second kappa shape index (κ2) is 6.49. The average molecular weight is 354 g/mol. The van der Waals surface area contributed by atoms with Gasteiger partial charge in [0.2, 0.25) is 0 Å². The summed E-state index contributed by atoms with van der Waals surface area (Å²) in [5.41, 5.74) is 6.53. The van der Waals surface area contributed by atoms with Crippen molar-refractivity contribution < 1.29 is 0 Å². The van der Waals surface area contributed by atoms with Gasteiger partial charge in [0, 0.05) is 17.1 Å². The summed E-state index contributed by atoms with van der Waals surface area (Å²) in [7, 11) is 0. The van der Waals surface area contributed by atoms with Crippen LogP contribution in [-0.2, 0) is 11.8 Å². The van der Waals surface area contributed by atoms with Crippen molar-refractivity contribution in [2.75, 3.05) is 0 Å². The predicted octanol–water partition coefficient (Wildman–Crippen LogP) is 7.22. The van der Waals surface area contributed by atoms with E-state index in [-0.39, 0.29) is 5.41 Å². The molecule has 1 aromatic heterocycles. The summed E-state index contributed by atoms with van der Waals surface area (Å²) < 4.78 is 0. The number of nitrogens with zero attached hydrogens (tertiary/aromatic N) is 1. The summed E-state index contributed by atoms with van der Waals surface area (Å²) in [5, 5.41) is 5.09. The maximum atomic E-state index is 4.74. The Bertz CT molecular complexity index is 1150. The molecule has 0 radical (unpaired) electrons. The number of fused-ring (bicyclic) bond motifs is 3. The standard InChI is InChI=1S/C26H27N/c1-6-18-7-8-20(15-17(18)2)25-24-11-9-19-16-21(26(3,4)5)10-12-22(19)23(24)13-14-27-25/h7-16H,6H2,1-5H3. The van der Waals surface area contributed by atoms with Crippen LogP contribution >= 0.6 is 0 Å². The Kier molecular flexibility index (Phi) is 4.26. The van der Waals surface area contributed by atoms with E-state index in [4.69, 9.17) is 4.98 Å². The van der Waals surface area contributed by atoms with Gasteiger partial charge in [0.05, 0.1) is 5.69 Å². The fraction of sp³-hybridized carbons (Fsp3) is 0.269. The molecule has 0 amide bonds. The van der Waals surface area contributed by atoms with E-state index in [0.29, 0.717) is 0 Å². The van der Waals surface area contributed by atoms with Gasteiger partial charge in [-0.05, 0) is 63.7 Å². The molecule has 0 bridgehead atoms. The van der Waals surface area contributed by atoms with Crippen LogP contribution in [-0.4, -0.2) is 4.98 Å². The minimum Gasteiger partial charge on any atom is -0.256 e. The maximum Gasteiger partial charge on any atom is 0.0780 e. The van der Waals surface area contributed by atoms with Crippen LogP contribution < -0.4 is 0 Å². The molecule has 1 heterocycles. The molecule has 0 fully saturated rings. The SMILES string of the molecule is CCc1ccc(-c2nccc3c2ccc2cc(C(C)(C)C)ccc23)cc1C. The van der Waals surface area contributed by atoms with E-state index in [0.717, 1.165) is 12.1 Å². The summed E-state index contributed by atoms with van der Waals surface area (Å²) >= 11 is 0. The molecule has 3 aromatic carbocycles. The number of benzene rings is 3. The van der Waals surface area contributed by atoms with E-state index in [9.17, 15) is 0 Å². The van der Waals surface area contributed by atoms with E-state index in [1.54, 1.807) is 0 Å². The third-order valence-electron chi connectivity index (χ3n) is 5.62. The van der Waals surface area contributed by atoms with Crippen LogP contribution in [0.2, 0.25) is 0 Å². The highest BCUT2D eigenvalue weighted by atomic mass is 14.7. The molecule has 0 unspecified atom stereocenters. The molecule has 4 rings (SSSR count). The summed E-state index contributed by atoms with van der Waals surface area (Å²) in [6.07, 6.45) is 3.01. The van der Waals surface area contributed by atoms with Crippen molar-refractivity contribution >= 4 is 21.5 Å². The average Bonchev–Trinajstić information content (AvgIpc) is 2.66. The van der Waals surface area contributed by atoms with Crippen LogP contribution in [0.4, 0.5) is 0 Å². The molecule has 4 aromatic rings. The molecule has 0 N–H and O–H groups in total. The van der Waals surface area contributed by atoms with Crippen molar-refractivity contribution in [2.24, 2.45) is 0 Å². The zero-order valence-corrected chi connectivity index (χ0v) is 16.9. The number of hydrogen-bond donors (Lipinski definition) is 0. The molecule has 0 saturated carbocycles. The molecule has 1 heteroatoms. The summed E-state index contributed by atoms with van der Waals surface area (Å²) in [6.45, 7) is 11.2. The number of hydrogen-bond acceptors (Lipinski definition) is 1. The Morgan fingerprint density at radius 2 is 1.59 bits per heavy atom. The second-order valence-corrected chi connectivity index (χ2v) is 8.50. The lowest BCUT2D eigenvalue weighted by molar-refractivity contribution is 0.591. The molecule has 0 aliphatic carbocycles. The van der Waals surface area contributed by atoms with Crippen molar-refractivity contribution in [3.63, 3.8) is 0 Å². The van der Waals surface area contributed by atoms with E-state index in [1.165, 1.54) is 43.8 Å². The number of rotatable bonds is 2. The lowest BCUT2D eigenvalue weighted by Gasteiger charge is -2.20. The molecule has 0 aliphatic rings. The summed E-state index contributed by atoms with van der Waals surface area (Å²) in [5.74, 6) is 0. The Labute approximate surface area is 162 Å². The number of aryl methyl sites for hydroxylation is 2. The first-order valence-electron chi connectivity index (χ1n) is 9.80. The van der Waals surface area contributed by atoms with Crippen LogP contribution in [0, 0.1) is 6.92 Å². The Hall–Kier alpha value is -2.67. The van der Waals surface area contributed by atoms with Gasteiger partial charge in [-0.15, -0.1) is 0 Å². The Morgan fingerprint density at radius 3 is 2.30 bits per heavy atom. The molecule has 0 spiro atoms. The largest absolute Gasteiger partial charge is 0.256 e. The van der Waals surface area contributed by atoms with Crippen LogP contribution in [0.15, 0.2) is 60.8 Å². The minimum absolute atomic E-state index is 0.158. The van der Waals surface area contributed by atoms with E-state index >= 15 is 0 Å². The van der Waals surface area contributed by atoms with E-state index in [1.807, 2.05) is 6.20 Å². The minimum atomic E-state index is 0.158. The molecular weight excluding hydrogens is 326 g/mol. The highest BCUT2D eigenvalue weighted by molar-refractivity contribution is 6.11. The molecule has 136 valence electrons. The first kappa shape index (κ1) is 17.7. The van der Waals surface area contributed by atoms with Crippen molar-refractivity contribution in [1.29, 1.82) is 0 Å². The van der Waals surface area contributed by atoms with Gasteiger partial charge in [0.1, 0.15) is 0 Å². The fourth-order valence-electron chi connectivity index (χ4n) is 3.93. The monoisotopic (exact) mass is 353 g/mol. The normalized spacial score (nSPS) is 12.0. The highest BCUT2D eigenvalue weighted by Crippen LogP contribution is 2.34. The maximum absolute atomic E-state index is 4.74. The first-order chi connectivity index (χ1) is 12.9. The topological polar surface area (TPSA) is 12.9 Å². The van der Waals surface area contributed by atoms with Gasteiger partial charge in [-0.2, -0.15) is 0 Å². The third-order valence-corrected chi connectivity index (χ3v) is 5.62. The van der Waals surface area contributed by atoms with Crippen molar-refractivity contribution in [3.05, 3.63) is 77.5 Å². The van der Waals surface area contributed by atoms with Gasteiger partial charge in [-0.3, -0.25) is 4.98 Å². The Balaban J connectivity index is 1.94. The molecule has 0 atom stereocenters. The van der Waals surface area contributed by atoms with E-state index in [2.05, 4.69) is 89.2 Å². The first-order valence-corrected chi connectivity index (χ1v) is 9.80. The van der Waals surface area contributed by atoms with Crippen molar-refractivity contribution in [1.82, 2.24) is 4.98 Å². The summed E-state index contributed by atoms with van der Waals surface area (Å²) in [4.78, 5) is 4.74. The molecule has 0 aliphatic heterocycles. The fourth-order valence-corrected chi connectivity index (χ4v) is 3.93. The van der Waals surface area contributed by atoms with Crippen LogP contribution in [0.1, 0.15) is 44.4 Å². The number of aromatic nitrogens is 1. The molecule has 0 saturated heterocycles. The third kappa shape index (κ3) is 3.12. The molecule has 27 heavy (non-hydrogen) atoms. The smallest absolute Gasteiger partial charge is 0.0780 e. The van der Waals surface area contributed by atoms with Crippen LogP contribution in [0.5, 0.6) is 0 Å². The van der Waals surface area contributed by atoms with Crippen LogP contribution in [0.3, 0.4) is 0 Å². The number of pyridine rings is 1. The predicted molar refractivity (Wildman–Crippen MR) is 118 cm³/mol. The molecule has 1 nitrogen and oxygen atoms in total. The lowest BCUT2D eigenvalue weighted by Crippen LogP contribution is -2.10. The van der Waals surface area contributed by atoms with Crippen molar-refractivity contribution in [2.45, 2.75) is 46.5 Å². The highest BCUT2D eigenvalue weighted by Gasteiger charge is 2.15. The molecular formula is C26H27N. The van der Waals surface area contributed by atoms with Gasteiger partial charge >= 0.3 is 0 Å². The zero-order valence-electron chi connectivity index (χ0n) is 16.9. The zero-order chi connectivity index (χ0) is 19.2. The van der Waals surface area contributed by atoms with Gasteiger partial charge < -0.3 is 0 Å². The van der Waals surface area contributed by atoms with E-state index < -0.39 is 0 Å². The van der Waals surface area contributed by atoms with Gasteiger partial charge in [0.15, 0.2) is 0 Å².